The van der Waals surface area contributed by atoms with E-state index in [9.17, 15) is 5.11 Å². The topological polar surface area (TPSA) is 23.5 Å². The van der Waals surface area contributed by atoms with E-state index in [1.807, 2.05) is 37.4 Å². The lowest BCUT2D eigenvalue weighted by Gasteiger charge is -2.20. The van der Waals surface area contributed by atoms with Crippen molar-refractivity contribution >= 4 is 11.3 Å². The van der Waals surface area contributed by atoms with Gasteiger partial charge in [-0.15, -0.1) is 11.3 Å². The summed E-state index contributed by atoms with van der Waals surface area (Å²) in [5.74, 6) is 0. The SMILES string of the molecule is Cc1ccsc1CN(C)C[C@H](O)c1ccccc1. The molecule has 1 atom stereocenters. The fraction of sp³-hybridized carbons (Fsp3) is 0.333. The van der Waals surface area contributed by atoms with Gasteiger partial charge in [0, 0.05) is 18.0 Å². The van der Waals surface area contributed by atoms with Gasteiger partial charge in [-0.2, -0.15) is 0 Å². The van der Waals surface area contributed by atoms with Crippen LogP contribution in [0, 0.1) is 6.92 Å². The van der Waals surface area contributed by atoms with Gasteiger partial charge < -0.3 is 5.11 Å². The normalized spacial score (nSPS) is 12.9. The van der Waals surface area contributed by atoms with Crippen LogP contribution >= 0.6 is 11.3 Å². The quantitative estimate of drug-likeness (QED) is 0.893. The molecule has 1 N–H and O–H groups in total. The molecule has 0 spiro atoms. The summed E-state index contributed by atoms with van der Waals surface area (Å²) in [5.41, 5.74) is 2.31. The fourth-order valence-corrected chi connectivity index (χ4v) is 2.94. The molecule has 0 amide bonds. The van der Waals surface area contributed by atoms with Crippen LogP contribution in [0.15, 0.2) is 41.8 Å². The summed E-state index contributed by atoms with van der Waals surface area (Å²) in [6.45, 7) is 3.68. The third-order valence-electron chi connectivity index (χ3n) is 3.05. The first-order valence-corrected chi connectivity index (χ1v) is 6.99. The van der Waals surface area contributed by atoms with Crippen molar-refractivity contribution in [3.05, 3.63) is 57.8 Å². The van der Waals surface area contributed by atoms with Crippen LogP contribution in [-0.2, 0) is 6.54 Å². The van der Waals surface area contributed by atoms with Gasteiger partial charge in [-0.25, -0.2) is 0 Å². The number of aliphatic hydroxyl groups is 1. The van der Waals surface area contributed by atoms with Crippen molar-refractivity contribution in [2.75, 3.05) is 13.6 Å². The van der Waals surface area contributed by atoms with E-state index in [1.54, 1.807) is 11.3 Å². The number of aryl methyl sites for hydroxylation is 1. The highest BCUT2D eigenvalue weighted by atomic mass is 32.1. The van der Waals surface area contributed by atoms with E-state index < -0.39 is 6.10 Å². The largest absolute Gasteiger partial charge is 0.387 e. The number of likely N-dealkylation sites (N-methyl/N-ethyl adjacent to an activating group) is 1. The number of aliphatic hydroxyl groups excluding tert-OH is 1. The van der Waals surface area contributed by atoms with Gasteiger partial charge in [-0.05, 0) is 36.5 Å². The molecule has 0 aliphatic carbocycles. The monoisotopic (exact) mass is 261 g/mol. The molecule has 2 nitrogen and oxygen atoms in total. The smallest absolute Gasteiger partial charge is 0.0916 e. The van der Waals surface area contributed by atoms with Gasteiger partial charge in [0.05, 0.1) is 6.10 Å². The molecular formula is C15H19NOS. The van der Waals surface area contributed by atoms with E-state index in [-0.39, 0.29) is 0 Å². The molecule has 2 aromatic rings. The Labute approximate surface area is 113 Å². The first kappa shape index (κ1) is 13.3. The molecule has 0 aliphatic rings. The Kier molecular flexibility index (Phi) is 4.53. The van der Waals surface area contributed by atoms with Crippen LogP contribution < -0.4 is 0 Å². The first-order valence-electron chi connectivity index (χ1n) is 6.11. The molecule has 0 bridgehead atoms. The second kappa shape index (κ2) is 6.14. The van der Waals surface area contributed by atoms with E-state index in [0.29, 0.717) is 6.54 Å². The molecule has 0 aliphatic heterocycles. The summed E-state index contributed by atoms with van der Waals surface area (Å²) in [5, 5.41) is 12.3. The molecule has 1 aromatic heterocycles. The molecule has 0 fully saturated rings. The lowest BCUT2D eigenvalue weighted by atomic mass is 10.1. The molecule has 96 valence electrons. The van der Waals surface area contributed by atoms with Crippen molar-refractivity contribution in [2.45, 2.75) is 19.6 Å². The Morgan fingerprint density at radius 1 is 1.22 bits per heavy atom. The van der Waals surface area contributed by atoms with Crippen LogP contribution in [0.5, 0.6) is 0 Å². The number of nitrogens with zero attached hydrogens (tertiary/aromatic N) is 1. The van der Waals surface area contributed by atoms with Crippen molar-refractivity contribution in [3.63, 3.8) is 0 Å². The van der Waals surface area contributed by atoms with Gasteiger partial charge in [-0.3, -0.25) is 4.90 Å². The van der Waals surface area contributed by atoms with Gasteiger partial charge >= 0.3 is 0 Å². The Morgan fingerprint density at radius 2 is 1.94 bits per heavy atom. The second-order valence-electron chi connectivity index (χ2n) is 4.65. The van der Waals surface area contributed by atoms with Gasteiger partial charge in [0.1, 0.15) is 0 Å². The lowest BCUT2D eigenvalue weighted by molar-refractivity contribution is 0.124. The summed E-state index contributed by atoms with van der Waals surface area (Å²) >= 11 is 1.78. The maximum Gasteiger partial charge on any atom is 0.0916 e. The van der Waals surface area contributed by atoms with E-state index in [0.717, 1.165) is 12.1 Å². The molecule has 3 heteroatoms. The average molecular weight is 261 g/mol. The molecule has 0 saturated carbocycles. The third kappa shape index (κ3) is 3.42. The molecule has 0 radical (unpaired) electrons. The van der Waals surface area contributed by atoms with E-state index >= 15 is 0 Å². The van der Waals surface area contributed by atoms with Crippen molar-refractivity contribution < 1.29 is 5.11 Å². The Hall–Kier alpha value is -1.16. The fourth-order valence-electron chi connectivity index (χ4n) is 1.95. The Morgan fingerprint density at radius 3 is 2.56 bits per heavy atom. The zero-order valence-electron chi connectivity index (χ0n) is 10.8. The van der Waals surface area contributed by atoms with Crippen LogP contribution in [0.1, 0.15) is 22.1 Å². The number of hydrogen-bond donors (Lipinski definition) is 1. The van der Waals surface area contributed by atoms with Crippen molar-refractivity contribution in [1.29, 1.82) is 0 Å². The van der Waals surface area contributed by atoms with Gasteiger partial charge in [-0.1, -0.05) is 30.3 Å². The second-order valence-corrected chi connectivity index (χ2v) is 5.65. The van der Waals surface area contributed by atoms with Gasteiger partial charge in [0.2, 0.25) is 0 Å². The lowest BCUT2D eigenvalue weighted by Crippen LogP contribution is -2.24. The molecule has 1 heterocycles. The highest BCUT2D eigenvalue weighted by Gasteiger charge is 2.11. The maximum atomic E-state index is 10.2. The van der Waals surface area contributed by atoms with Gasteiger partial charge in [0.15, 0.2) is 0 Å². The minimum absolute atomic E-state index is 0.420. The van der Waals surface area contributed by atoms with Crippen LogP contribution in [0.2, 0.25) is 0 Å². The molecule has 1 aromatic carbocycles. The number of benzene rings is 1. The standard InChI is InChI=1S/C15H19NOS/c1-12-8-9-18-15(12)11-16(2)10-14(17)13-6-4-3-5-7-13/h3-9,14,17H,10-11H2,1-2H3/t14-/m0/s1. The van der Waals surface area contributed by atoms with E-state index in [2.05, 4.69) is 23.3 Å². The predicted octanol–water partition coefficient (Wildman–Crippen LogP) is 3.22. The Bertz CT molecular complexity index is 480. The van der Waals surface area contributed by atoms with Crippen molar-refractivity contribution in [1.82, 2.24) is 4.90 Å². The van der Waals surface area contributed by atoms with E-state index in [1.165, 1.54) is 10.4 Å². The number of thiophene rings is 1. The summed E-state index contributed by atoms with van der Waals surface area (Å²) in [6, 6.07) is 12.0. The van der Waals surface area contributed by atoms with Crippen LogP contribution in [-0.4, -0.2) is 23.6 Å². The number of hydrogen-bond acceptors (Lipinski definition) is 3. The van der Waals surface area contributed by atoms with Crippen LogP contribution in [0.25, 0.3) is 0 Å². The summed E-state index contributed by atoms with van der Waals surface area (Å²) in [6.07, 6.45) is -0.420. The van der Waals surface area contributed by atoms with Crippen LogP contribution in [0.3, 0.4) is 0 Å². The minimum Gasteiger partial charge on any atom is -0.387 e. The summed E-state index contributed by atoms with van der Waals surface area (Å²) in [7, 11) is 2.05. The Balaban J connectivity index is 1.92. The third-order valence-corrected chi connectivity index (χ3v) is 4.06. The van der Waals surface area contributed by atoms with Crippen LogP contribution in [0.4, 0.5) is 0 Å². The minimum atomic E-state index is -0.420. The summed E-state index contributed by atoms with van der Waals surface area (Å²) < 4.78 is 0. The highest BCUT2D eigenvalue weighted by Crippen LogP contribution is 2.19. The molecule has 0 unspecified atom stereocenters. The first-order chi connectivity index (χ1) is 8.66. The van der Waals surface area contributed by atoms with E-state index in [4.69, 9.17) is 0 Å². The predicted molar refractivity (Wildman–Crippen MR) is 76.8 cm³/mol. The molecule has 0 saturated heterocycles. The van der Waals surface area contributed by atoms with Gasteiger partial charge in [0.25, 0.3) is 0 Å². The molecular weight excluding hydrogens is 242 g/mol. The summed E-state index contributed by atoms with van der Waals surface area (Å²) in [4.78, 5) is 3.54. The molecule has 18 heavy (non-hydrogen) atoms. The average Bonchev–Trinajstić information content (AvgIpc) is 2.76. The number of rotatable bonds is 5. The highest BCUT2D eigenvalue weighted by molar-refractivity contribution is 7.10. The van der Waals surface area contributed by atoms with Crippen molar-refractivity contribution in [3.8, 4) is 0 Å². The maximum absolute atomic E-state index is 10.2. The van der Waals surface area contributed by atoms with Crippen molar-refractivity contribution in [2.24, 2.45) is 0 Å². The zero-order chi connectivity index (χ0) is 13.0. The molecule has 2 rings (SSSR count). The zero-order valence-corrected chi connectivity index (χ0v) is 11.7.